The van der Waals surface area contributed by atoms with E-state index in [9.17, 15) is 5.11 Å². The molecule has 112 valence electrons. The van der Waals surface area contributed by atoms with Crippen molar-refractivity contribution in [3.63, 3.8) is 0 Å². The van der Waals surface area contributed by atoms with Gasteiger partial charge in [0.25, 0.3) is 0 Å². The standard InChI is InChI=1S/C18H13N3OS/c1-11-19-15-8-7-13(10-17(15)23-11)20-21-18-14-5-3-2-4-12(14)6-9-16(18)22/h2-10,22H,1H3. The van der Waals surface area contributed by atoms with Crippen LogP contribution >= 0.6 is 11.3 Å². The van der Waals surface area contributed by atoms with Crippen molar-refractivity contribution in [2.45, 2.75) is 6.92 Å². The number of hydrogen-bond donors (Lipinski definition) is 1. The second-order valence-corrected chi connectivity index (χ2v) is 6.47. The minimum Gasteiger partial charge on any atom is -0.506 e. The van der Waals surface area contributed by atoms with E-state index in [0.717, 1.165) is 31.7 Å². The SMILES string of the molecule is Cc1nc2ccc(N=Nc3c(O)ccc4ccccc34)cc2s1. The van der Waals surface area contributed by atoms with Gasteiger partial charge in [-0.2, -0.15) is 5.11 Å². The van der Waals surface area contributed by atoms with Crippen molar-refractivity contribution in [3.05, 3.63) is 59.6 Å². The molecule has 0 fully saturated rings. The molecule has 0 bridgehead atoms. The first-order chi connectivity index (χ1) is 11.2. The summed E-state index contributed by atoms with van der Waals surface area (Å²) >= 11 is 1.63. The third-order valence-electron chi connectivity index (χ3n) is 3.62. The maximum absolute atomic E-state index is 10.1. The number of aromatic nitrogens is 1. The van der Waals surface area contributed by atoms with Gasteiger partial charge in [-0.3, -0.25) is 0 Å². The van der Waals surface area contributed by atoms with Crippen LogP contribution in [0.25, 0.3) is 21.0 Å². The van der Waals surface area contributed by atoms with E-state index in [-0.39, 0.29) is 5.75 Å². The van der Waals surface area contributed by atoms with Crippen molar-refractivity contribution < 1.29 is 5.11 Å². The fourth-order valence-electron chi connectivity index (χ4n) is 2.55. The number of aromatic hydroxyl groups is 1. The summed E-state index contributed by atoms with van der Waals surface area (Å²) in [6.45, 7) is 1.99. The van der Waals surface area contributed by atoms with Crippen LogP contribution in [-0.4, -0.2) is 10.1 Å². The van der Waals surface area contributed by atoms with Gasteiger partial charge < -0.3 is 5.11 Å². The molecule has 4 aromatic rings. The highest BCUT2D eigenvalue weighted by Gasteiger charge is 2.06. The number of azo groups is 1. The molecular formula is C18H13N3OS. The first-order valence-electron chi connectivity index (χ1n) is 7.20. The van der Waals surface area contributed by atoms with Crippen LogP contribution in [0.2, 0.25) is 0 Å². The van der Waals surface area contributed by atoms with Gasteiger partial charge in [-0.15, -0.1) is 16.5 Å². The highest BCUT2D eigenvalue weighted by atomic mass is 32.1. The van der Waals surface area contributed by atoms with Crippen molar-refractivity contribution in [1.29, 1.82) is 0 Å². The van der Waals surface area contributed by atoms with Gasteiger partial charge in [0.1, 0.15) is 11.4 Å². The summed E-state index contributed by atoms with van der Waals surface area (Å²) in [5, 5.41) is 21.6. The molecule has 23 heavy (non-hydrogen) atoms. The lowest BCUT2D eigenvalue weighted by Gasteiger charge is -2.03. The van der Waals surface area contributed by atoms with E-state index in [1.807, 2.05) is 55.5 Å². The van der Waals surface area contributed by atoms with Crippen molar-refractivity contribution in [3.8, 4) is 5.75 Å². The Bertz CT molecular complexity index is 1050. The lowest BCUT2D eigenvalue weighted by atomic mass is 10.1. The van der Waals surface area contributed by atoms with Crippen LogP contribution in [0, 0.1) is 6.92 Å². The molecule has 0 radical (unpaired) electrons. The van der Waals surface area contributed by atoms with Gasteiger partial charge in [0.05, 0.1) is 20.9 Å². The van der Waals surface area contributed by atoms with Crippen molar-refractivity contribution in [1.82, 2.24) is 4.98 Å². The zero-order valence-electron chi connectivity index (χ0n) is 12.4. The minimum atomic E-state index is 0.127. The first kappa shape index (κ1) is 13.8. The van der Waals surface area contributed by atoms with E-state index in [2.05, 4.69) is 15.2 Å². The molecule has 4 rings (SSSR count). The van der Waals surface area contributed by atoms with Crippen LogP contribution in [0.4, 0.5) is 11.4 Å². The molecule has 5 heteroatoms. The van der Waals surface area contributed by atoms with Gasteiger partial charge in [-0.1, -0.05) is 30.3 Å². The van der Waals surface area contributed by atoms with E-state index in [1.54, 1.807) is 17.4 Å². The molecule has 0 aliphatic carbocycles. The van der Waals surface area contributed by atoms with Crippen molar-refractivity contribution in [2.24, 2.45) is 10.2 Å². The number of thiazole rings is 1. The first-order valence-corrected chi connectivity index (χ1v) is 8.02. The van der Waals surface area contributed by atoms with Gasteiger partial charge in [0, 0.05) is 5.39 Å². The summed E-state index contributed by atoms with van der Waals surface area (Å²) in [4.78, 5) is 4.43. The number of rotatable bonds is 2. The Morgan fingerprint density at radius 3 is 2.78 bits per heavy atom. The van der Waals surface area contributed by atoms with Gasteiger partial charge >= 0.3 is 0 Å². The van der Waals surface area contributed by atoms with Gasteiger partial charge in [0.2, 0.25) is 0 Å². The van der Waals surface area contributed by atoms with Crippen molar-refractivity contribution in [2.75, 3.05) is 0 Å². The number of nitrogens with zero attached hydrogens (tertiary/aromatic N) is 3. The third kappa shape index (κ3) is 2.55. The Kier molecular flexibility index (Phi) is 3.28. The molecule has 0 aliphatic heterocycles. The normalized spacial score (nSPS) is 11.7. The number of hydrogen-bond acceptors (Lipinski definition) is 5. The molecule has 1 N–H and O–H groups in total. The van der Waals surface area contributed by atoms with Crippen LogP contribution in [-0.2, 0) is 0 Å². The number of fused-ring (bicyclic) bond motifs is 2. The zero-order valence-corrected chi connectivity index (χ0v) is 13.2. The van der Waals surface area contributed by atoms with Crippen LogP contribution in [0.5, 0.6) is 5.75 Å². The summed E-state index contributed by atoms with van der Waals surface area (Å²) in [6, 6.07) is 17.1. The average Bonchev–Trinajstić information content (AvgIpc) is 2.93. The maximum atomic E-state index is 10.1. The quantitative estimate of drug-likeness (QED) is 0.469. The highest BCUT2D eigenvalue weighted by Crippen LogP contribution is 2.36. The van der Waals surface area contributed by atoms with Crippen LogP contribution in [0.1, 0.15) is 5.01 Å². The molecule has 0 saturated heterocycles. The molecule has 0 amide bonds. The van der Waals surface area contributed by atoms with Gasteiger partial charge in [-0.25, -0.2) is 4.98 Å². The summed E-state index contributed by atoms with van der Waals surface area (Å²) < 4.78 is 1.08. The summed E-state index contributed by atoms with van der Waals surface area (Å²) in [5.41, 5.74) is 2.21. The van der Waals surface area contributed by atoms with Crippen LogP contribution in [0.3, 0.4) is 0 Å². The van der Waals surface area contributed by atoms with Gasteiger partial charge in [0.15, 0.2) is 0 Å². The molecule has 3 aromatic carbocycles. The molecule has 4 nitrogen and oxygen atoms in total. The Hall–Kier alpha value is -2.79. The van der Waals surface area contributed by atoms with E-state index in [1.165, 1.54) is 0 Å². The molecular weight excluding hydrogens is 306 g/mol. The molecule has 1 heterocycles. The molecule has 1 aromatic heterocycles. The molecule has 0 unspecified atom stereocenters. The predicted octanol–water partition coefficient (Wildman–Crippen LogP) is 5.88. The zero-order chi connectivity index (χ0) is 15.8. The Labute approximate surface area is 136 Å². The van der Waals surface area contributed by atoms with E-state index in [0.29, 0.717) is 5.69 Å². The summed E-state index contributed by atoms with van der Waals surface area (Å²) in [5.74, 6) is 0.127. The number of phenols is 1. The van der Waals surface area contributed by atoms with E-state index in [4.69, 9.17) is 0 Å². The maximum Gasteiger partial charge on any atom is 0.143 e. The fraction of sp³-hybridized carbons (Fsp3) is 0.0556. The Morgan fingerprint density at radius 2 is 1.87 bits per heavy atom. The molecule has 0 aliphatic rings. The molecule has 0 spiro atoms. The predicted molar refractivity (Wildman–Crippen MR) is 94.1 cm³/mol. The Morgan fingerprint density at radius 1 is 1.00 bits per heavy atom. The second-order valence-electron chi connectivity index (χ2n) is 5.24. The highest BCUT2D eigenvalue weighted by molar-refractivity contribution is 7.18. The van der Waals surface area contributed by atoms with Crippen LogP contribution in [0.15, 0.2) is 64.8 Å². The molecule has 0 atom stereocenters. The number of phenolic OH excluding ortho intramolecular Hbond substituents is 1. The van der Waals surface area contributed by atoms with Crippen LogP contribution < -0.4 is 0 Å². The summed E-state index contributed by atoms with van der Waals surface area (Å²) in [6.07, 6.45) is 0. The number of aryl methyl sites for hydroxylation is 1. The average molecular weight is 319 g/mol. The lowest BCUT2D eigenvalue weighted by Crippen LogP contribution is -1.74. The smallest absolute Gasteiger partial charge is 0.143 e. The number of benzene rings is 3. The minimum absolute atomic E-state index is 0.127. The lowest BCUT2D eigenvalue weighted by molar-refractivity contribution is 0.477. The second kappa shape index (κ2) is 5.44. The summed E-state index contributed by atoms with van der Waals surface area (Å²) in [7, 11) is 0. The van der Waals surface area contributed by atoms with Crippen molar-refractivity contribution >= 4 is 43.7 Å². The monoisotopic (exact) mass is 319 g/mol. The van der Waals surface area contributed by atoms with E-state index < -0.39 is 0 Å². The fourth-order valence-corrected chi connectivity index (χ4v) is 3.41. The van der Waals surface area contributed by atoms with E-state index >= 15 is 0 Å². The largest absolute Gasteiger partial charge is 0.506 e. The Balaban J connectivity index is 1.79. The molecule has 0 saturated carbocycles. The third-order valence-corrected chi connectivity index (χ3v) is 4.56. The van der Waals surface area contributed by atoms with Gasteiger partial charge in [-0.05, 0) is 36.6 Å². The topological polar surface area (TPSA) is 57.8 Å².